The van der Waals surface area contributed by atoms with Crippen molar-refractivity contribution in [2.24, 2.45) is 0 Å². The van der Waals surface area contributed by atoms with E-state index in [1.165, 1.54) is 6.07 Å². The van der Waals surface area contributed by atoms with Gasteiger partial charge in [-0.2, -0.15) is 10.2 Å². The molecule has 148 valence electrons. The van der Waals surface area contributed by atoms with Crippen molar-refractivity contribution < 1.29 is 41.4 Å². The first-order valence-electron chi connectivity index (χ1n) is 7.12. The lowest BCUT2D eigenvalue weighted by atomic mass is 10.2. The van der Waals surface area contributed by atoms with Gasteiger partial charge in [0.1, 0.15) is 17.1 Å². The van der Waals surface area contributed by atoms with Crippen molar-refractivity contribution in [3.05, 3.63) is 17.0 Å². The summed E-state index contributed by atoms with van der Waals surface area (Å²) in [5.74, 6) is -1.62. The summed E-state index contributed by atoms with van der Waals surface area (Å²) < 4.78 is 0. The molecule has 18 heteroatoms. The van der Waals surface area contributed by atoms with Crippen LogP contribution in [0, 0.1) is 4.91 Å². The SMILES string of the molecule is O=[N+](O)c1nc2c(c(N(O)O)n1)N1Nc3c(N(O)O)cc(N(O)O)cc3N1N2. The van der Waals surface area contributed by atoms with Crippen LogP contribution in [0.1, 0.15) is 0 Å². The molecule has 0 radical (unpaired) electrons. The first kappa shape index (κ1) is 17.5. The molecule has 2 aliphatic heterocycles. The number of hydrazine groups is 3. The molecule has 0 fully saturated rings. The number of anilines is 7. The van der Waals surface area contributed by atoms with Crippen LogP contribution in [0.4, 0.5) is 46.0 Å². The van der Waals surface area contributed by atoms with Crippen molar-refractivity contribution in [2.45, 2.75) is 0 Å². The zero-order chi connectivity index (χ0) is 20.3. The number of hydrogen-bond acceptors (Lipinski definition) is 16. The summed E-state index contributed by atoms with van der Waals surface area (Å²) in [6.45, 7) is 0. The van der Waals surface area contributed by atoms with Crippen LogP contribution in [-0.4, -0.2) is 51.3 Å². The van der Waals surface area contributed by atoms with Gasteiger partial charge in [0.15, 0.2) is 4.92 Å². The summed E-state index contributed by atoms with van der Waals surface area (Å²) >= 11 is 0. The van der Waals surface area contributed by atoms with Gasteiger partial charge in [-0.25, -0.2) is 5.43 Å². The van der Waals surface area contributed by atoms with Gasteiger partial charge in [-0.1, -0.05) is 10.1 Å². The number of rotatable bonds is 4. The normalized spacial score (nSPS) is 13.4. The molecule has 0 aliphatic carbocycles. The maximum absolute atomic E-state index is 11.1. The summed E-state index contributed by atoms with van der Waals surface area (Å²) in [7, 11) is 0. The molecule has 0 atom stereocenters. The average Bonchev–Trinajstić information content (AvgIpc) is 3.15. The third-order valence-electron chi connectivity index (χ3n) is 3.81. The molecule has 4 rings (SSSR count). The van der Waals surface area contributed by atoms with Crippen molar-refractivity contribution >= 4 is 46.0 Å². The van der Waals surface area contributed by atoms with Gasteiger partial charge in [-0.15, -0.1) is 10.5 Å². The Balaban J connectivity index is 1.87. The van der Waals surface area contributed by atoms with Gasteiger partial charge in [-0.05, 0) is 22.1 Å². The molecule has 0 amide bonds. The van der Waals surface area contributed by atoms with Crippen LogP contribution >= 0.6 is 0 Å². The van der Waals surface area contributed by atoms with Crippen molar-refractivity contribution in [2.75, 3.05) is 36.8 Å². The Hall–Kier alpha value is -3.94. The number of nitrogens with one attached hydrogen (secondary N) is 2. The molecule has 0 saturated carbocycles. The Morgan fingerprint density at radius 1 is 0.929 bits per heavy atom. The van der Waals surface area contributed by atoms with E-state index in [0.717, 1.165) is 16.3 Å². The summed E-state index contributed by atoms with van der Waals surface area (Å²) in [5, 5.41) is 66.5. The van der Waals surface area contributed by atoms with Crippen molar-refractivity contribution in [1.82, 2.24) is 9.97 Å². The van der Waals surface area contributed by atoms with Gasteiger partial charge in [0.2, 0.25) is 5.69 Å². The number of hydrogen-bond donors (Lipinski definition) is 9. The quantitative estimate of drug-likeness (QED) is 0.306. The molecular formula is C10H11N10O8+. The van der Waals surface area contributed by atoms with Crippen LogP contribution in [0.25, 0.3) is 0 Å². The van der Waals surface area contributed by atoms with E-state index in [0.29, 0.717) is 0 Å². The predicted molar refractivity (Wildman–Crippen MR) is 83.9 cm³/mol. The summed E-state index contributed by atoms with van der Waals surface area (Å²) in [4.78, 5) is 17.6. The van der Waals surface area contributed by atoms with Gasteiger partial charge in [0, 0.05) is 0 Å². The molecule has 28 heavy (non-hydrogen) atoms. The van der Waals surface area contributed by atoms with Crippen LogP contribution in [0.5, 0.6) is 0 Å². The molecule has 18 nitrogen and oxygen atoms in total. The largest absolute Gasteiger partial charge is 0.514 e. The first-order valence-corrected chi connectivity index (χ1v) is 7.12. The second-order valence-electron chi connectivity index (χ2n) is 5.39. The highest BCUT2D eigenvalue weighted by Crippen LogP contribution is 2.50. The molecular weight excluding hydrogens is 388 g/mol. The van der Waals surface area contributed by atoms with E-state index in [1.54, 1.807) is 0 Å². The van der Waals surface area contributed by atoms with Gasteiger partial charge >= 0.3 is 5.95 Å². The lowest BCUT2D eigenvalue weighted by Crippen LogP contribution is -2.40. The molecule has 2 aromatic rings. The second kappa shape index (κ2) is 5.78. The highest BCUT2D eigenvalue weighted by molar-refractivity contribution is 5.99. The van der Waals surface area contributed by atoms with Crippen molar-refractivity contribution in [3.8, 4) is 0 Å². The minimum Gasteiger partial charge on any atom is -0.337 e. The lowest BCUT2D eigenvalue weighted by molar-refractivity contribution is -0.734. The van der Waals surface area contributed by atoms with Crippen molar-refractivity contribution in [3.63, 3.8) is 0 Å². The molecule has 3 heterocycles. The molecule has 0 unspecified atom stereocenters. The second-order valence-corrected chi connectivity index (χ2v) is 5.39. The third-order valence-corrected chi connectivity index (χ3v) is 3.81. The number of fused-ring (bicyclic) bond motifs is 5. The molecule has 9 N–H and O–H groups in total. The Morgan fingerprint density at radius 2 is 1.64 bits per heavy atom. The van der Waals surface area contributed by atoms with E-state index in [1.807, 2.05) is 0 Å². The minimum absolute atomic E-state index is 0.0406. The topological polar surface area (TPSA) is 228 Å². The smallest absolute Gasteiger partial charge is 0.337 e. The van der Waals surface area contributed by atoms with E-state index in [-0.39, 0.29) is 44.7 Å². The van der Waals surface area contributed by atoms with E-state index < -0.39 is 21.9 Å². The van der Waals surface area contributed by atoms with Gasteiger partial charge in [-0.3, -0.25) is 36.7 Å². The minimum atomic E-state index is -0.819. The van der Waals surface area contributed by atoms with Crippen molar-refractivity contribution in [1.29, 1.82) is 0 Å². The van der Waals surface area contributed by atoms with Gasteiger partial charge in [0.25, 0.3) is 11.6 Å². The lowest BCUT2D eigenvalue weighted by Gasteiger charge is -2.21. The highest BCUT2D eigenvalue weighted by Gasteiger charge is 2.45. The summed E-state index contributed by atoms with van der Waals surface area (Å²) in [6.07, 6.45) is 0. The van der Waals surface area contributed by atoms with Gasteiger partial charge in [0.05, 0.1) is 5.69 Å². The highest BCUT2D eigenvalue weighted by atomic mass is 16.8. The molecule has 1 aromatic heterocycles. The van der Waals surface area contributed by atoms with Crippen LogP contribution < -0.4 is 36.8 Å². The maximum atomic E-state index is 11.1. The van der Waals surface area contributed by atoms with Gasteiger partial charge < -0.3 is 5.21 Å². The van der Waals surface area contributed by atoms with Crippen LogP contribution in [0.15, 0.2) is 12.1 Å². The molecule has 0 bridgehead atoms. The zero-order valence-electron chi connectivity index (χ0n) is 13.3. The van der Waals surface area contributed by atoms with Crippen LogP contribution in [0.3, 0.4) is 0 Å². The fraction of sp³-hybridized carbons (Fsp3) is 0. The molecule has 0 saturated heterocycles. The Morgan fingerprint density at radius 3 is 2.21 bits per heavy atom. The average molecular weight is 399 g/mol. The fourth-order valence-corrected chi connectivity index (χ4v) is 2.71. The first-order chi connectivity index (χ1) is 13.2. The predicted octanol–water partition coefficient (Wildman–Crippen LogP) is -0.0604. The van der Waals surface area contributed by atoms with E-state index in [4.69, 9.17) is 5.21 Å². The van der Waals surface area contributed by atoms with Crippen LogP contribution in [0.2, 0.25) is 0 Å². The molecule has 2 aliphatic rings. The Bertz CT molecular complexity index is 983. The zero-order valence-corrected chi connectivity index (χ0v) is 13.3. The maximum Gasteiger partial charge on any atom is 0.514 e. The standard InChI is InChI=1S/C10H11N10O8/c21-17(22)3-1-4-6(5(2-3)18(23)24)13-16-7-8(14-15(4)16)11-10(20(27)28)12-9(7)19(25)26/h1-2,13,21-26H,(H,27,28)(H,11,12,14)/q+1. The van der Waals surface area contributed by atoms with E-state index in [9.17, 15) is 36.2 Å². The fourth-order valence-electron chi connectivity index (χ4n) is 2.71. The van der Waals surface area contributed by atoms with E-state index >= 15 is 0 Å². The third kappa shape index (κ3) is 2.38. The number of nitrogens with zero attached hydrogens (tertiary/aromatic N) is 8. The Labute approximate surface area is 152 Å². The molecule has 0 spiro atoms. The van der Waals surface area contributed by atoms with E-state index in [2.05, 4.69) is 20.8 Å². The summed E-state index contributed by atoms with van der Waals surface area (Å²) in [6, 6.07) is 2.20. The van der Waals surface area contributed by atoms with Crippen LogP contribution in [-0.2, 0) is 0 Å². The number of aromatic nitrogens is 2. The molecule has 1 aromatic carbocycles. The summed E-state index contributed by atoms with van der Waals surface area (Å²) in [5.41, 5.74) is 4.70. The monoisotopic (exact) mass is 399 g/mol. The Kier molecular flexibility index (Phi) is 3.61. The number of benzene rings is 1.